The van der Waals surface area contributed by atoms with Crippen molar-refractivity contribution in [3.63, 3.8) is 0 Å². The lowest BCUT2D eigenvalue weighted by molar-refractivity contribution is 0.0924. The van der Waals surface area contributed by atoms with E-state index in [1.54, 1.807) is 0 Å². The van der Waals surface area contributed by atoms with E-state index in [1.165, 1.54) is 32.3 Å². The number of hydrogen-bond acceptors (Lipinski definition) is 4. The van der Waals surface area contributed by atoms with Gasteiger partial charge < -0.3 is 10.1 Å². The fraction of sp³-hybridized carbons (Fsp3) is 0.278. The van der Waals surface area contributed by atoms with Gasteiger partial charge in [0.05, 0.1) is 17.7 Å². The molecule has 1 aliphatic rings. The maximum absolute atomic E-state index is 12.7. The molecular weight excluding hydrogens is 376 g/mol. The number of ether oxygens (including phenoxy) is 1. The lowest BCUT2D eigenvalue weighted by Crippen LogP contribution is -2.32. The predicted octanol–water partition coefficient (Wildman–Crippen LogP) is 2.84. The second-order valence-electron chi connectivity index (χ2n) is 6.13. The number of carbonyl (C=O) groups is 1. The maximum atomic E-state index is 12.7. The number of fused-ring (bicyclic) bond motifs is 1. The van der Waals surface area contributed by atoms with Gasteiger partial charge in [0.2, 0.25) is 10.0 Å². The van der Waals surface area contributed by atoms with Gasteiger partial charge in [-0.25, -0.2) is 12.7 Å². The van der Waals surface area contributed by atoms with Crippen molar-refractivity contribution < 1.29 is 17.9 Å². The van der Waals surface area contributed by atoms with Crippen molar-refractivity contribution in [3.05, 3.63) is 58.6 Å². The second-order valence-corrected chi connectivity index (χ2v) is 8.66. The number of benzene rings is 2. The molecule has 1 aliphatic heterocycles. The first-order valence-electron chi connectivity index (χ1n) is 8.05. The second kappa shape index (κ2) is 7.26. The van der Waals surface area contributed by atoms with Crippen LogP contribution >= 0.6 is 11.6 Å². The van der Waals surface area contributed by atoms with Gasteiger partial charge in [0.25, 0.3) is 5.91 Å². The Hall–Kier alpha value is -2.09. The Morgan fingerprint density at radius 3 is 2.69 bits per heavy atom. The molecule has 2 aromatic carbocycles. The average Bonchev–Trinajstić information content (AvgIpc) is 2.62. The van der Waals surface area contributed by atoms with E-state index in [1.807, 2.05) is 24.3 Å². The first-order chi connectivity index (χ1) is 12.3. The van der Waals surface area contributed by atoms with Gasteiger partial charge in [-0.15, -0.1) is 0 Å². The van der Waals surface area contributed by atoms with E-state index in [-0.39, 0.29) is 27.4 Å². The van der Waals surface area contributed by atoms with E-state index >= 15 is 0 Å². The summed E-state index contributed by atoms with van der Waals surface area (Å²) in [7, 11) is -0.916. The van der Waals surface area contributed by atoms with Crippen LogP contribution in [0.1, 0.15) is 28.4 Å². The molecule has 1 N–H and O–H groups in total. The fourth-order valence-electron chi connectivity index (χ4n) is 2.77. The van der Waals surface area contributed by atoms with Crippen LogP contribution in [0.4, 0.5) is 0 Å². The van der Waals surface area contributed by atoms with Crippen LogP contribution in [0, 0.1) is 0 Å². The van der Waals surface area contributed by atoms with E-state index in [0.29, 0.717) is 13.0 Å². The molecule has 1 amide bonds. The van der Waals surface area contributed by atoms with Crippen molar-refractivity contribution in [3.8, 4) is 5.75 Å². The molecular formula is C18H19ClN2O4S. The maximum Gasteiger partial charge on any atom is 0.251 e. The molecule has 3 rings (SSSR count). The largest absolute Gasteiger partial charge is 0.493 e. The molecule has 1 atom stereocenters. The van der Waals surface area contributed by atoms with Crippen LogP contribution in [0.5, 0.6) is 5.75 Å². The van der Waals surface area contributed by atoms with Crippen molar-refractivity contribution >= 4 is 27.5 Å². The van der Waals surface area contributed by atoms with E-state index in [9.17, 15) is 13.2 Å². The molecule has 2 aromatic rings. The summed E-state index contributed by atoms with van der Waals surface area (Å²) >= 11 is 6.03. The van der Waals surface area contributed by atoms with Gasteiger partial charge in [-0.3, -0.25) is 4.79 Å². The Morgan fingerprint density at radius 2 is 1.96 bits per heavy atom. The lowest BCUT2D eigenvalue weighted by atomic mass is 10.00. The first-order valence-corrected chi connectivity index (χ1v) is 9.87. The number of rotatable bonds is 4. The molecule has 8 heteroatoms. The van der Waals surface area contributed by atoms with E-state index in [0.717, 1.165) is 15.6 Å². The molecule has 0 aromatic heterocycles. The Balaban J connectivity index is 1.88. The highest BCUT2D eigenvalue weighted by Gasteiger charge is 2.25. The molecule has 0 radical (unpaired) electrons. The Kier molecular flexibility index (Phi) is 5.22. The van der Waals surface area contributed by atoms with Crippen LogP contribution in [-0.4, -0.2) is 39.3 Å². The topological polar surface area (TPSA) is 75.7 Å². The minimum Gasteiger partial charge on any atom is -0.493 e. The minimum atomic E-state index is -3.74. The first kappa shape index (κ1) is 18.7. The molecule has 0 saturated heterocycles. The van der Waals surface area contributed by atoms with Crippen molar-refractivity contribution in [2.24, 2.45) is 0 Å². The zero-order valence-corrected chi connectivity index (χ0v) is 16.0. The van der Waals surface area contributed by atoms with Crippen molar-refractivity contribution in [1.29, 1.82) is 0 Å². The summed E-state index contributed by atoms with van der Waals surface area (Å²) in [5.74, 6) is 0.384. The summed E-state index contributed by atoms with van der Waals surface area (Å²) in [6.45, 7) is 0.503. The fourth-order valence-corrected chi connectivity index (χ4v) is 4.17. The summed E-state index contributed by atoms with van der Waals surface area (Å²) < 4.78 is 31.4. The van der Waals surface area contributed by atoms with E-state index < -0.39 is 10.0 Å². The summed E-state index contributed by atoms with van der Waals surface area (Å²) in [5.41, 5.74) is 1.14. The van der Waals surface area contributed by atoms with Crippen molar-refractivity contribution in [1.82, 2.24) is 9.62 Å². The summed E-state index contributed by atoms with van der Waals surface area (Å²) in [6.07, 6.45) is 0.638. The number of nitrogens with zero attached hydrogens (tertiary/aromatic N) is 1. The number of sulfonamides is 1. The number of amides is 1. The minimum absolute atomic E-state index is 0.0756. The van der Waals surface area contributed by atoms with Gasteiger partial charge >= 0.3 is 0 Å². The zero-order chi connectivity index (χ0) is 18.9. The summed E-state index contributed by atoms with van der Waals surface area (Å²) in [6, 6.07) is 11.6. The predicted molar refractivity (Wildman–Crippen MR) is 99.1 cm³/mol. The molecule has 1 heterocycles. The Labute approximate surface area is 157 Å². The van der Waals surface area contributed by atoms with Gasteiger partial charge in [0.1, 0.15) is 10.6 Å². The van der Waals surface area contributed by atoms with Gasteiger partial charge in [-0.05, 0) is 24.3 Å². The molecule has 6 nitrogen and oxygen atoms in total. The monoisotopic (exact) mass is 394 g/mol. The van der Waals surface area contributed by atoms with Crippen LogP contribution < -0.4 is 10.1 Å². The number of hydrogen-bond donors (Lipinski definition) is 1. The van der Waals surface area contributed by atoms with Crippen LogP contribution in [0.2, 0.25) is 5.02 Å². The normalized spacial score (nSPS) is 16.7. The van der Waals surface area contributed by atoms with Crippen LogP contribution in [-0.2, 0) is 10.0 Å². The van der Waals surface area contributed by atoms with Gasteiger partial charge in [-0.2, -0.15) is 0 Å². The van der Waals surface area contributed by atoms with Crippen LogP contribution in [0.25, 0.3) is 0 Å². The third-order valence-electron chi connectivity index (χ3n) is 4.22. The standard InChI is InChI=1S/C18H19ClN2O4S/c1-21(2)26(23,24)17-11-12(7-8-14(17)19)18(22)20-15-9-10-25-16-6-4-3-5-13(15)16/h3-8,11,15H,9-10H2,1-2H3,(H,20,22). The molecule has 138 valence electrons. The number of carbonyl (C=O) groups excluding carboxylic acids is 1. The highest BCUT2D eigenvalue weighted by Crippen LogP contribution is 2.32. The number of halogens is 1. The Bertz CT molecular complexity index is 944. The smallest absolute Gasteiger partial charge is 0.251 e. The molecule has 0 saturated carbocycles. The Morgan fingerprint density at radius 1 is 1.23 bits per heavy atom. The van der Waals surface area contributed by atoms with Gasteiger partial charge in [0, 0.05) is 31.6 Å². The highest BCUT2D eigenvalue weighted by atomic mass is 35.5. The molecule has 0 spiro atoms. The van der Waals surface area contributed by atoms with Crippen LogP contribution in [0.15, 0.2) is 47.4 Å². The van der Waals surface area contributed by atoms with Gasteiger partial charge in [-0.1, -0.05) is 29.8 Å². The molecule has 26 heavy (non-hydrogen) atoms. The number of para-hydroxylation sites is 1. The zero-order valence-electron chi connectivity index (χ0n) is 14.4. The van der Waals surface area contributed by atoms with E-state index in [2.05, 4.69) is 5.32 Å². The molecule has 0 fully saturated rings. The van der Waals surface area contributed by atoms with E-state index in [4.69, 9.17) is 16.3 Å². The van der Waals surface area contributed by atoms with Crippen LogP contribution in [0.3, 0.4) is 0 Å². The summed E-state index contributed by atoms with van der Waals surface area (Å²) in [4.78, 5) is 12.6. The highest BCUT2D eigenvalue weighted by molar-refractivity contribution is 7.89. The lowest BCUT2D eigenvalue weighted by Gasteiger charge is -2.26. The third kappa shape index (κ3) is 3.56. The molecule has 0 bridgehead atoms. The number of nitrogens with one attached hydrogen (secondary N) is 1. The summed E-state index contributed by atoms with van der Waals surface area (Å²) in [5, 5.41) is 3.02. The SMILES string of the molecule is CN(C)S(=O)(=O)c1cc(C(=O)NC2CCOc3ccccc32)ccc1Cl. The van der Waals surface area contributed by atoms with Gasteiger partial charge in [0.15, 0.2) is 0 Å². The molecule has 1 unspecified atom stereocenters. The molecule has 0 aliphatic carbocycles. The average molecular weight is 395 g/mol. The quantitative estimate of drug-likeness (QED) is 0.865. The third-order valence-corrected chi connectivity index (χ3v) is 6.51. The van der Waals surface area contributed by atoms with Crippen molar-refractivity contribution in [2.45, 2.75) is 17.4 Å². The van der Waals surface area contributed by atoms with Crippen molar-refractivity contribution in [2.75, 3.05) is 20.7 Å².